The Hall–Kier alpha value is -0.570. The van der Waals surface area contributed by atoms with Crippen molar-refractivity contribution in [2.24, 2.45) is 29.4 Å². The molecule has 0 aromatic rings. The van der Waals surface area contributed by atoms with Crippen molar-refractivity contribution >= 4 is 5.91 Å². The number of carbonyl (C=O) groups is 1. The Kier molecular flexibility index (Phi) is 6.34. The average molecular weight is 280 g/mol. The van der Waals surface area contributed by atoms with Gasteiger partial charge >= 0.3 is 0 Å². The lowest BCUT2D eigenvalue weighted by Crippen LogP contribution is -2.37. The van der Waals surface area contributed by atoms with Gasteiger partial charge in [-0.05, 0) is 62.8 Å². The number of nitrogens with two attached hydrogens (primary N) is 1. The number of hydrogen-bond donors (Lipinski definition) is 2. The lowest BCUT2D eigenvalue weighted by molar-refractivity contribution is -0.126. The molecule has 2 aliphatic rings. The standard InChI is InChI=1S/C17H32N2O/c1-2-13-3-5-15(6-4-13)12-19-17(20)16-9-7-14(11-18)8-10-16/h13-16H,2-12,18H2,1H3,(H,19,20). The van der Waals surface area contributed by atoms with Crippen LogP contribution in [0.15, 0.2) is 0 Å². The van der Waals surface area contributed by atoms with Crippen LogP contribution in [-0.2, 0) is 4.79 Å². The van der Waals surface area contributed by atoms with Crippen molar-refractivity contribution in [1.82, 2.24) is 5.32 Å². The van der Waals surface area contributed by atoms with Gasteiger partial charge in [0.1, 0.15) is 0 Å². The van der Waals surface area contributed by atoms with E-state index in [1.54, 1.807) is 0 Å². The smallest absolute Gasteiger partial charge is 0.223 e. The second kappa shape index (κ2) is 8.02. The van der Waals surface area contributed by atoms with E-state index in [0.29, 0.717) is 11.8 Å². The van der Waals surface area contributed by atoms with E-state index >= 15 is 0 Å². The van der Waals surface area contributed by atoms with E-state index in [1.807, 2.05) is 0 Å². The summed E-state index contributed by atoms with van der Waals surface area (Å²) >= 11 is 0. The van der Waals surface area contributed by atoms with Crippen molar-refractivity contribution < 1.29 is 4.79 Å². The summed E-state index contributed by atoms with van der Waals surface area (Å²) in [6.07, 6.45) is 11.0. The van der Waals surface area contributed by atoms with Gasteiger partial charge in [0, 0.05) is 12.5 Å². The zero-order chi connectivity index (χ0) is 14.4. The van der Waals surface area contributed by atoms with E-state index in [-0.39, 0.29) is 5.92 Å². The molecular weight excluding hydrogens is 248 g/mol. The molecular formula is C17H32N2O. The highest BCUT2D eigenvalue weighted by atomic mass is 16.1. The lowest BCUT2D eigenvalue weighted by atomic mass is 9.80. The van der Waals surface area contributed by atoms with E-state index in [9.17, 15) is 4.79 Å². The van der Waals surface area contributed by atoms with Gasteiger partial charge in [0.15, 0.2) is 0 Å². The molecule has 20 heavy (non-hydrogen) atoms. The van der Waals surface area contributed by atoms with Gasteiger partial charge < -0.3 is 11.1 Å². The summed E-state index contributed by atoms with van der Waals surface area (Å²) in [5.74, 6) is 2.88. The first-order valence-electron chi connectivity index (χ1n) is 8.70. The number of rotatable bonds is 5. The van der Waals surface area contributed by atoms with Crippen LogP contribution in [0.3, 0.4) is 0 Å². The molecule has 2 saturated carbocycles. The van der Waals surface area contributed by atoms with Gasteiger partial charge in [0.25, 0.3) is 0 Å². The molecule has 116 valence electrons. The van der Waals surface area contributed by atoms with Crippen molar-refractivity contribution in [3.8, 4) is 0 Å². The molecule has 2 aliphatic carbocycles. The van der Waals surface area contributed by atoms with Crippen molar-refractivity contribution in [2.45, 2.75) is 64.7 Å². The molecule has 0 radical (unpaired) electrons. The second-order valence-electron chi connectivity index (χ2n) is 6.99. The minimum absolute atomic E-state index is 0.254. The third kappa shape index (κ3) is 4.47. The Labute approximate surface area is 124 Å². The Morgan fingerprint density at radius 3 is 2.05 bits per heavy atom. The predicted octanol–water partition coefficient (Wildman–Crippen LogP) is 3.08. The molecule has 1 amide bonds. The third-order valence-corrected chi connectivity index (χ3v) is 5.66. The maximum atomic E-state index is 12.2. The van der Waals surface area contributed by atoms with E-state index in [1.165, 1.54) is 32.1 Å². The van der Waals surface area contributed by atoms with E-state index in [2.05, 4.69) is 12.2 Å². The zero-order valence-electron chi connectivity index (χ0n) is 13.1. The molecule has 3 nitrogen and oxygen atoms in total. The van der Waals surface area contributed by atoms with Crippen LogP contribution in [0.2, 0.25) is 0 Å². The summed E-state index contributed by atoms with van der Waals surface area (Å²) in [5.41, 5.74) is 5.70. The van der Waals surface area contributed by atoms with Crippen LogP contribution in [0.25, 0.3) is 0 Å². The van der Waals surface area contributed by atoms with Gasteiger partial charge in [-0.25, -0.2) is 0 Å². The maximum Gasteiger partial charge on any atom is 0.223 e. The maximum absolute atomic E-state index is 12.2. The van der Waals surface area contributed by atoms with Gasteiger partial charge in [0.05, 0.1) is 0 Å². The van der Waals surface area contributed by atoms with Crippen molar-refractivity contribution in [3.63, 3.8) is 0 Å². The number of carbonyl (C=O) groups excluding carboxylic acids is 1. The highest BCUT2D eigenvalue weighted by Gasteiger charge is 2.26. The van der Waals surface area contributed by atoms with Crippen LogP contribution in [0.5, 0.6) is 0 Å². The molecule has 0 spiro atoms. The summed E-state index contributed by atoms with van der Waals surface area (Å²) in [7, 11) is 0. The van der Waals surface area contributed by atoms with Crippen LogP contribution in [0, 0.1) is 23.7 Å². The van der Waals surface area contributed by atoms with E-state index in [0.717, 1.165) is 50.6 Å². The number of nitrogens with one attached hydrogen (secondary N) is 1. The summed E-state index contributed by atoms with van der Waals surface area (Å²) in [6.45, 7) is 3.99. The molecule has 0 bridgehead atoms. The first-order chi connectivity index (χ1) is 9.72. The van der Waals surface area contributed by atoms with E-state index < -0.39 is 0 Å². The third-order valence-electron chi connectivity index (χ3n) is 5.66. The van der Waals surface area contributed by atoms with Gasteiger partial charge in [-0.1, -0.05) is 26.2 Å². The van der Waals surface area contributed by atoms with Gasteiger partial charge in [-0.2, -0.15) is 0 Å². The fourth-order valence-corrected chi connectivity index (χ4v) is 3.89. The molecule has 0 unspecified atom stereocenters. The SMILES string of the molecule is CCC1CCC(CNC(=O)C2CCC(CN)CC2)CC1. The normalized spacial score (nSPS) is 34.7. The predicted molar refractivity (Wildman–Crippen MR) is 83.3 cm³/mol. The highest BCUT2D eigenvalue weighted by Crippen LogP contribution is 2.31. The van der Waals surface area contributed by atoms with Crippen LogP contribution >= 0.6 is 0 Å². The fourth-order valence-electron chi connectivity index (χ4n) is 3.89. The van der Waals surface area contributed by atoms with Crippen molar-refractivity contribution in [1.29, 1.82) is 0 Å². The highest BCUT2D eigenvalue weighted by molar-refractivity contribution is 5.78. The topological polar surface area (TPSA) is 55.1 Å². The van der Waals surface area contributed by atoms with Gasteiger partial charge in [-0.3, -0.25) is 4.79 Å². The molecule has 0 aliphatic heterocycles. The van der Waals surface area contributed by atoms with Crippen LogP contribution in [0.4, 0.5) is 0 Å². The van der Waals surface area contributed by atoms with Crippen LogP contribution < -0.4 is 11.1 Å². The Morgan fingerprint density at radius 2 is 1.50 bits per heavy atom. The van der Waals surface area contributed by atoms with Crippen LogP contribution in [0.1, 0.15) is 64.7 Å². The lowest BCUT2D eigenvalue weighted by Gasteiger charge is -2.30. The average Bonchev–Trinajstić information content (AvgIpc) is 2.53. The first kappa shape index (κ1) is 15.8. The summed E-state index contributed by atoms with van der Waals surface area (Å²) in [5, 5.41) is 3.22. The van der Waals surface area contributed by atoms with E-state index in [4.69, 9.17) is 5.73 Å². The quantitative estimate of drug-likeness (QED) is 0.813. The molecule has 0 aromatic heterocycles. The molecule has 0 atom stereocenters. The molecule has 2 fully saturated rings. The van der Waals surface area contributed by atoms with Crippen molar-refractivity contribution in [3.05, 3.63) is 0 Å². The monoisotopic (exact) mass is 280 g/mol. The minimum atomic E-state index is 0.254. The fraction of sp³-hybridized carbons (Fsp3) is 0.941. The molecule has 0 heterocycles. The van der Waals surface area contributed by atoms with Gasteiger partial charge in [0.2, 0.25) is 5.91 Å². The van der Waals surface area contributed by atoms with Gasteiger partial charge in [-0.15, -0.1) is 0 Å². The molecule has 3 heteroatoms. The first-order valence-corrected chi connectivity index (χ1v) is 8.70. The Balaban J connectivity index is 1.63. The molecule has 2 rings (SSSR count). The van der Waals surface area contributed by atoms with Crippen LogP contribution in [-0.4, -0.2) is 19.0 Å². The molecule has 0 saturated heterocycles. The molecule has 3 N–H and O–H groups in total. The summed E-state index contributed by atoms with van der Waals surface area (Å²) in [6, 6.07) is 0. The Bertz CT molecular complexity index is 289. The minimum Gasteiger partial charge on any atom is -0.356 e. The summed E-state index contributed by atoms with van der Waals surface area (Å²) in [4.78, 5) is 12.2. The Morgan fingerprint density at radius 1 is 0.950 bits per heavy atom. The zero-order valence-corrected chi connectivity index (χ0v) is 13.1. The summed E-state index contributed by atoms with van der Waals surface area (Å²) < 4.78 is 0. The second-order valence-corrected chi connectivity index (χ2v) is 6.99. The number of hydrogen-bond acceptors (Lipinski definition) is 2. The largest absolute Gasteiger partial charge is 0.356 e. The molecule has 0 aromatic carbocycles. The number of amides is 1. The van der Waals surface area contributed by atoms with Crippen molar-refractivity contribution in [2.75, 3.05) is 13.1 Å².